The van der Waals surface area contributed by atoms with Crippen LogP contribution < -0.4 is 5.32 Å². The standard InChI is InChI=1S/C21H20N2S.C2H6/c1-12-6-5-8-15-16-10-11-22-20(19(16)23-18(12)15)21-13(2)14-7-3-4-9-17(14)24-21;1-2/h3-9,20,22-23H,10-11H2,1-2H3;1-2H3/t20-;/m1./s1. The number of nitrogens with one attached hydrogen (secondary N) is 2. The minimum Gasteiger partial charge on any atom is -0.356 e. The Morgan fingerprint density at radius 1 is 0.962 bits per heavy atom. The molecule has 3 heterocycles. The van der Waals surface area contributed by atoms with E-state index in [1.807, 2.05) is 25.2 Å². The van der Waals surface area contributed by atoms with E-state index in [2.05, 4.69) is 66.6 Å². The first-order valence-electron chi connectivity index (χ1n) is 9.55. The van der Waals surface area contributed by atoms with E-state index in [-0.39, 0.29) is 6.04 Å². The molecule has 0 aliphatic carbocycles. The first kappa shape index (κ1) is 17.3. The molecule has 5 rings (SSSR count). The van der Waals surface area contributed by atoms with Gasteiger partial charge in [-0.3, -0.25) is 0 Å². The Kier molecular flexibility index (Phi) is 4.60. The van der Waals surface area contributed by atoms with E-state index in [9.17, 15) is 0 Å². The van der Waals surface area contributed by atoms with Crippen LogP contribution in [0, 0.1) is 13.8 Å². The van der Waals surface area contributed by atoms with Gasteiger partial charge in [-0.2, -0.15) is 0 Å². The summed E-state index contributed by atoms with van der Waals surface area (Å²) in [5.41, 5.74) is 6.90. The Morgan fingerprint density at radius 2 is 1.73 bits per heavy atom. The van der Waals surface area contributed by atoms with Crippen LogP contribution >= 0.6 is 11.3 Å². The van der Waals surface area contributed by atoms with Crippen LogP contribution in [0.3, 0.4) is 0 Å². The Bertz CT molecular complexity index is 1070. The molecule has 2 aromatic heterocycles. The van der Waals surface area contributed by atoms with Gasteiger partial charge in [0.1, 0.15) is 0 Å². The van der Waals surface area contributed by atoms with E-state index in [4.69, 9.17) is 0 Å². The van der Waals surface area contributed by atoms with Crippen molar-refractivity contribution in [2.75, 3.05) is 6.54 Å². The molecule has 0 bridgehead atoms. The predicted octanol–water partition coefficient (Wildman–Crippen LogP) is 6.26. The molecule has 134 valence electrons. The lowest BCUT2D eigenvalue weighted by Crippen LogP contribution is -2.30. The number of fused-ring (bicyclic) bond motifs is 4. The highest BCUT2D eigenvalue weighted by Gasteiger charge is 2.28. The predicted molar refractivity (Wildman–Crippen MR) is 114 cm³/mol. The smallest absolute Gasteiger partial charge is 0.0829 e. The zero-order chi connectivity index (χ0) is 18.3. The molecule has 0 radical (unpaired) electrons. The number of aromatic nitrogens is 1. The third-order valence-corrected chi connectivity index (χ3v) is 6.68. The summed E-state index contributed by atoms with van der Waals surface area (Å²) >= 11 is 1.93. The number of aryl methyl sites for hydroxylation is 2. The topological polar surface area (TPSA) is 27.8 Å². The van der Waals surface area contributed by atoms with Crippen LogP contribution in [-0.4, -0.2) is 11.5 Å². The van der Waals surface area contributed by atoms with Crippen LogP contribution in [0.2, 0.25) is 0 Å². The summed E-state index contributed by atoms with van der Waals surface area (Å²) in [6.07, 6.45) is 1.10. The minimum atomic E-state index is 0.276. The van der Waals surface area contributed by atoms with Crippen LogP contribution in [0.15, 0.2) is 42.5 Å². The second kappa shape index (κ2) is 6.90. The van der Waals surface area contributed by atoms with E-state index in [0.717, 1.165) is 13.0 Å². The molecule has 0 amide bonds. The van der Waals surface area contributed by atoms with Crippen molar-refractivity contribution in [1.82, 2.24) is 10.3 Å². The zero-order valence-corrected chi connectivity index (χ0v) is 16.8. The van der Waals surface area contributed by atoms with E-state index in [1.54, 1.807) is 0 Å². The molecule has 2 N–H and O–H groups in total. The lowest BCUT2D eigenvalue weighted by atomic mass is 9.96. The highest BCUT2D eigenvalue weighted by molar-refractivity contribution is 7.19. The van der Waals surface area contributed by atoms with Gasteiger partial charge in [-0.05, 0) is 48.4 Å². The van der Waals surface area contributed by atoms with Crippen molar-refractivity contribution in [2.24, 2.45) is 0 Å². The third kappa shape index (κ3) is 2.58. The maximum Gasteiger partial charge on any atom is 0.0829 e. The van der Waals surface area contributed by atoms with Gasteiger partial charge in [0.05, 0.1) is 6.04 Å². The monoisotopic (exact) mass is 362 g/mol. The Balaban J connectivity index is 0.000000814. The van der Waals surface area contributed by atoms with Crippen molar-refractivity contribution < 1.29 is 0 Å². The summed E-state index contributed by atoms with van der Waals surface area (Å²) in [5.74, 6) is 0. The molecule has 26 heavy (non-hydrogen) atoms. The van der Waals surface area contributed by atoms with Gasteiger partial charge in [-0.15, -0.1) is 11.3 Å². The molecule has 2 nitrogen and oxygen atoms in total. The molecule has 0 unspecified atom stereocenters. The Labute approximate surface area is 159 Å². The summed E-state index contributed by atoms with van der Waals surface area (Å²) in [5, 5.41) is 6.54. The molecule has 4 aromatic rings. The van der Waals surface area contributed by atoms with Crippen molar-refractivity contribution in [3.05, 3.63) is 69.7 Å². The second-order valence-corrected chi connectivity index (χ2v) is 7.82. The number of hydrogen-bond donors (Lipinski definition) is 2. The fraction of sp³-hybridized carbons (Fsp3) is 0.304. The maximum atomic E-state index is 3.75. The van der Waals surface area contributed by atoms with Gasteiger partial charge >= 0.3 is 0 Å². The van der Waals surface area contributed by atoms with Gasteiger partial charge in [0.2, 0.25) is 0 Å². The fourth-order valence-corrected chi connectivity index (χ4v) is 5.39. The van der Waals surface area contributed by atoms with Crippen molar-refractivity contribution in [1.29, 1.82) is 0 Å². The van der Waals surface area contributed by atoms with Crippen LogP contribution in [0.5, 0.6) is 0 Å². The van der Waals surface area contributed by atoms with E-state index in [1.165, 1.54) is 48.3 Å². The first-order valence-corrected chi connectivity index (χ1v) is 10.4. The zero-order valence-electron chi connectivity index (χ0n) is 15.9. The average Bonchev–Trinajstić information content (AvgIpc) is 3.23. The first-order chi connectivity index (χ1) is 12.7. The van der Waals surface area contributed by atoms with Gasteiger partial charge in [0.25, 0.3) is 0 Å². The minimum absolute atomic E-state index is 0.276. The molecule has 1 aliphatic heterocycles. The van der Waals surface area contributed by atoms with E-state index < -0.39 is 0 Å². The molecule has 1 aliphatic rings. The molecule has 0 fully saturated rings. The quantitative estimate of drug-likeness (QED) is 0.411. The number of rotatable bonds is 1. The van der Waals surface area contributed by atoms with Crippen LogP contribution in [0.25, 0.3) is 21.0 Å². The molecular weight excluding hydrogens is 336 g/mol. The number of aromatic amines is 1. The van der Waals surface area contributed by atoms with Crippen LogP contribution in [-0.2, 0) is 6.42 Å². The maximum absolute atomic E-state index is 3.75. The molecule has 0 spiro atoms. The number of thiophene rings is 1. The molecule has 1 atom stereocenters. The van der Waals surface area contributed by atoms with Gasteiger partial charge in [0.15, 0.2) is 0 Å². The van der Waals surface area contributed by atoms with Gasteiger partial charge in [-0.25, -0.2) is 0 Å². The summed E-state index contributed by atoms with van der Waals surface area (Å²) < 4.78 is 1.38. The van der Waals surface area contributed by atoms with Crippen molar-refractivity contribution in [3.8, 4) is 0 Å². The number of hydrogen-bond acceptors (Lipinski definition) is 2. The number of para-hydroxylation sites is 1. The van der Waals surface area contributed by atoms with Crippen molar-refractivity contribution >= 4 is 32.3 Å². The summed E-state index contributed by atoms with van der Waals surface area (Å²) in [6.45, 7) is 9.49. The Hall–Kier alpha value is -2.10. The van der Waals surface area contributed by atoms with Gasteiger partial charge in [0, 0.05) is 32.7 Å². The lowest BCUT2D eigenvalue weighted by Gasteiger charge is -2.24. The van der Waals surface area contributed by atoms with Crippen molar-refractivity contribution in [3.63, 3.8) is 0 Å². The largest absolute Gasteiger partial charge is 0.356 e. The molecule has 0 saturated heterocycles. The number of H-pyrrole nitrogens is 1. The second-order valence-electron chi connectivity index (χ2n) is 6.74. The summed E-state index contributed by atoms with van der Waals surface area (Å²) in [6, 6.07) is 15.6. The lowest BCUT2D eigenvalue weighted by molar-refractivity contribution is 0.565. The van der Waals surface area contributed by atoms with Crippen LogP contribution in [0.4, 0.5) is 0 Å². The SMILES string of the molecule is CC.Cc1c([C@@H]2NCCc3c2[nH]c2c(C)cccc32)sc2ccccc12. The number of benzene rings is 2. The summed E-state index contributed by atoms with van der Waals surface area (Å²) in [4.78, 5) is 5.19. The Morgan fingerprint density at radius 3 is 2.54 bits per heavy atom. The normalized spacial score (nSPS) is 16.4. The molecular formula is C23H26N2S. The van der Waals surface area contributed by atoms with Crippen molar-refractivity contribution in [2.45, 2.75) is 40.2 Å². The van der Waals surface area contributed by atoms with Gasteiger partial charge in [-0.1, -0.05) is 50.2 Å². The van der Waals surface area contributed by atoms with E-state index in [0.29, 0.717) is 0 Å². The van der Waals surface area contributed by atoms with Crippen LogP contribution in [0.1, 0.15) is 47.2 Å². The highest BCUT2D eigenvalue weighted by atomic mass is 32.1. The summed E-state index contributed by atoms with van der Waals surface area (Å²) in [7, 11) is 0. The van der Waals surface area contributed by atoms with Gasteiger partial charge < -0.3 is 10.3 Å². The molecule has 3 heteroatoms. The molecule has 0 saturated carbocycles. The third-order valence-electron chi connectivity index (χ3n) is 5.34. The highest BCUT2D eigenvalue weighted by Crippen LogP contribution is 2.41. The average molecular weight is 363 g/mol. The van der Waals surface area contributed by atoms with E-state index >= 15 is 0 Å². The molecule has 2 aromatic carbocycles. The fourth-order valence-electron chi connectivity index (χ4n) is 4.09.